The molecule has 13 rings (SSSR count). The van der Waals surface area contributed by atoms with Crippen LogP contribution >= 0.6 is 70.6 Å². The van der Waals surface area contributed by atoms with Gasteiger partial charge in [0.05, 0.1) is 53.4 Å². The number of hydrogen-bond acceptors (Lipinski definition) is 26. The second-order valence-electron chi connectivity index (χ2n) is 34.3. The van der Waals surface area contributed by atoms with E-state index in [4.69, 9.17) is 37.9 Å². The van der Waals surface area contributed by atoms with Gasteiger partial charge in [-0.15, -0.1) is 0 Å². The third-order valence-corrected chi connectivity index (χ3v) is 26.0. The predicted molar refractivity (Wildman–Crippen MR) is 588 cm³/mol. The first-order chi connectivity index (χ1) is 70.8. The van der Waals surface area contributed by atoms with Crippen LogP contribution in [0, 0.1) is 83.1 Å². The summed E-state index contributed by atoms with van der Waals surface area (Å²) in [5.74, 6) is 6.15. The summed E-state index contributed by atoms with van der Waals surface area (Å²) in [5.41, 5.74) is 19.0. The van der Waals surface area contributed by atoms with Crippen molar-refractivity contribution in [1.82, 2.24) is 0 Å². The average Bonchev–Trinajstić information content (AvgIpc) is 1.63. The molecule has 0 bridgehead atoms. The first-order valence-electron chi connectivity index (χ1n) is 46.7. The Hall–Kier alpha value is -12.6. The van der Waals surface area contributed by atoms with Gasteiger partial charge in [0.25, 0.3) is 6.43 Å². The number of rotatable bonds is 30. The molecule has 796 valence electrons. The minimum Gasteiger partial charge on any atom is -0.497 e. The summed E-state index contributed by atoms with van der Waals surface area (Å²) in [7, 11) is 1.56. The van der Waals surface area contributed by atoms with Crippen molar-refractivity contribution in [3.05, 3.63) is 341 Å². The van der Waals surface area contributed by atoms with E-state index in [1.807, 2.05) is 205 Å². The second kappa shape index (κ2) is 59.1. The van der Waals surface area contributed by atoms with Crippen LogP contribution in [0.5, 0.6) is 46.0 Å². The van der Waals surface area contributed by atoms with Crippen LogP contribution in [-0.4, -0.2) is 114 Å². The van der Waals surface area contributed by atoms with Gasteiger partial charge >= 0.3 is 37.6 Å². The average molecular weight is 2160 g/mol. The van der Waals surface area contributed by atoms with Gasteiger partial charge in [0, 0.05) is 38.9 Å². The molecule has 1 aliphatic rings. The lowest BCUT2D eigenvalue weighted by molar-refractivity contribution is -0.137. The highest BCUT2D eigenvalue weighted by Crippen LogP contribution is 2.43. The number of carbonyl (C=O) groups is 6. The number of alkyl halides is 5. The predicted octanol–water partition coefficient (Wildman–Crippen LogP) is 31.2. The standard InChI is InChI=1S/C20H23NO3S.C19H23NO4S.C19H23NO3S.C18H18F3NO3S.C18H19F2NO3S.C18H21NO4S/c1-13-4-9-19(14(2)10-13)24-12-17-11-16(15-5-6-15)7-8-18(17)21(23)20(22)25-3;1-5-23-16-7-8-17(20(22)19(21)25-4)15(11-16)12-24-18-9-6-13(2)10-14(18)3;1-5-15-7-8-17(20(22)19(21)24-4)16(11-15)12-23-18-9-6-13(2)10-14(18)3;1-11-4-7-16(12(2)8-11)25-10-13-9-14(18(19,20)21)5-6-15(13)22(24)17(23)26-3;1-11-4-7-16(12(2)8-11)24-10-14-9-13(17(19)20)5-6-15(14)21(23)18(22)25-3;1-12-5-8-17(13(2)9-12)23-11-14-10-15(22-3)6-7-16(14)19(21)18(20)24-4/h4,7-11,15,23H,5-6,12H2,1-3H3;6-11,22H,5,12H2,1-4H3;6-11,22H,5,12H2,1-4H3;4-9,24H,10H2,1-3H3;4-9,17,23H,10H2,1-3H3;5-10,21H,11H2,1-4H3. The van der Waals surface area contributed by atoms with Crippen LogP contribution < -0.4 is 68.3 Å². The number of benzene rings is 12. The molecular weight excluding hydrogens is 2040 g/mol. The van der Waals surface area contributed by atoms with Crippen molar-refractivity contribution >= 4 is 136 Å². The zero-order valence-electron chi connectivity index (χ0n) is 86.9. The number of anilines is 6. The van der Waals surface area contributed by atoms with Crippen molar-refractivity contribution in [2.24, 2.45) is 0 Å². The number of nitrogens with zero attached hydrogens (tertiary/aromatic N) is 6. The van der Waals surface area contributed by atoms with E-state index >= 15 is 0 Å². The number of methoxy groups -OCH3 is 1. The maximum atomic E-state index is 13.0. The third-order valence-electron chi connectivity index (χ3n) is 22.9. The van der Waals surface area contributed by atoms with Crippen molar-refractivity contribution in [3.63, 3.8) is 0 Å². The van der Waals surface area contributed by atoms with Gasteiger partial charge in [-0.1, -0.05) is 208 Å². The summed E-state index contributed by atoms with van der Waals surface area (Å²) in [6.07, 6.45) is 5.56. The van der Waals surface area contributed by atoms with Crippen LogP contribution in [0.2, 0.25) is 0 Å². The number of halogens is 5. The molecule has 26 nitrogen and oxygen atoms in total. The van der Waals surface area contributed by atoms with Gasteiger partial charge in [0.2, 0.25) is 0 Å². The SMILES string of the molecule is CCOc1ccc(N(O)C(=O)SC)c(COc2ccc(C)cc2C)c1.CCc1ccc(N(O)C(=O)SC)c(COc2ccc(C)cc2C)c1.COc1ccc(N(O)C(=O)SC)c(COc2ccc(C)cc2C)c1.CSC(=O)N(O)c1ccc(C(F)(F)F)cc1COc1ccc(C)cc1C.CSC(=O)N(O)c1ccc(C(F)F)cc1COc1ccc(C)cc1C.CSC(=O)N(O)c1ccc(C2CC2)cc1COc1ccc(C)cc1C. The summed E-state index contributed by atoms with van der Waals surface area (Å²) in [4.78, 5) is 70.6. The summed E-state index contributed by atoms with van der Waals surface area (Å²) < 4.78 is 111. The van der Waals surface area contributed by atoms with Crippen LogP contribution in [0.3, 0.4) is 0 Å². The monoisotopic (exact) mass is 2160 g/mol. The number of ether oxygens (including phenoxy) is 8. The molecule has 37 heteroatoms. The normalized spacial score (nSPS) is 11.2. The number of hydroxylamine groups is 6. The molecule has 0 aliphatic heterocycles. The first-order valence-corrected chi connectivity index (χ1v) is 54.1. The van der Waals surface area contributed by atoms with Crippen LogP contribution in [0.1, 0.15) is 161 Å². The second-order valence-corrected chi connectivity index (χ2v) is 38.8. The molecule has 1 saturated carbocycles. The molecule has 6 amide bonds. The number of amides is 6. The van der Waals surface area contributed by atoms with Gasteiger partial charge in [0.15, 0.2) is 0 Å². The Bertz CT molecular complexity index is 6340. The highest BCUT2D eigenvalue weighted by Gasteiger charge is 2.33. The van der Waals surface area contributed by atoms with Crippen LogP contribution in [0.15, 0.2) is 218 Å². The number of carbonyl (C=O) groups excluding carboxylic acids is 6. The van der Waals surface area contributed by atoms with Crippen molar-refractivity contribution < 1.29 is 120 Å². The van der Waals surface area contributed by atoms with Crippen LogP contribution in [-0.2, 0) is 52.2 Å². The topological polar surface area (TPSA) is 317 Å². The molecule has 1 fully saturated rings. The smallest absolute Gasteiger partial charge is 0.416 e. The van der Waals surface area contributed by atoms with Gasteiger partial charge in [-0.05, 0) is 319 Å². The van der Waals surface area contributed by atoms with Gasteiger partial charge in [-0.25, -0.2) is 8.78 Å². The number of hydrogen-bond donors (Lipinski definition) is 6. The van der Waals surface area contributed by atoms with Gasteiger partial charge in [0.1, 0.15) is 85.6 Å². The molecule has 0 heterocycles. The van der Waals surface area contributed by atoms with E-state index in [1.54, 1.807) is 86.7 Å². The van der Waals surface area contributed by atoms with Crippen LogP contribution in [0.4, 0.5) is 84.8 Å². The van der Waals surface area contributed by atoms with E-state index in [0.29, 0.717) is 112 Å². The van der Waals surface area contributed by atoms with Crippen molar-refractivity contribution in [1.29, 1.82) is 0 Å². The molecule has 0 atom stereocenters. The molecule has 0 aromatic heterocycles. The molecule has 1 aliphatic carbocycles. The Morgan fingerprint density at radius 1 is 0.315 bits per heavy atom. The van der Waals surface area contributed by atoms with Gasteiger partial charge < -0.3 is 37.9 Å². The largest absolute Gasteiger partial charge is 0.497 e. The molecular formula is C112H127F5N6O20S6. The van der Waals surface area contributed by atoms with Crippen LogP contribution in [0.25, 0.3) is 0 Å². The zero-order chi connectivity index (χ0) is 110. The Morgan fingerprint density at radius 3 is 0.839 bits per heavy atom. The maximum Gasteiger partial charge on any atom is 0.416 e. The first kappa shape index (κ1) is 122. The van der Waals surface area contributed by atoms with E-state index in [-0.39, 0.29) is 55.5 Å². The fraction of sp³-hybridized carbons (Fsp3) is 0.304. The summed E-state index contributed by atoms with van der Waals surface area (Å²) >= 11 is 5.35. The molecule has 0 spiro atoms. The Kier molecular flexibility index (Phi) is 48.2. The van der Waals surface area contributed by atoms with E-state index < -0.39 is 49.6 Å². The highest BCUT2D eigenvalue weighted by molar-refractivity contribution is 8.14. The fourth-order valence-electron chi connectivity index (χ4n) is 14.9. The molecule has 0 saturated heterocycles. The summed E-state index contributed by atoms with van der Waals surface area (Å²) in [5, 5.41) is 60.9. The molecule has 6 N–H and O–H groups in total. The zero-order valence-corrected chi connectivity index (χ0v) is 91.8. The summed E-state index contributed by atoms with van der Waals surface area (Å²) in [6.45, 7) is 28.9. The molecule has 0 radical (unpaired) electrons. The fourth-order valence-corrected chi connectivity index (χ4v) is 16.5. The lowest BCUT2D eigenvalue weighted by Crippen LogP contribution is -2.24. The Morgan fingerprint density at radius 2 is 0.570 bits per heavy atom. The number of aryl methyl sites for hydroxylation is 13. The maximum absolute atomic E-state index is 13.0. The van der Waals surface area contributed by atoms with Gasteiger partial charge in [-0.3, -0.25) is 60.0 Å². The molecule has 12 aromatic carbocycles. The van der Waals surface area contributed by atoms with Crippen molar-refractivity contribution in [2.45, 2.75) is 174 Å². The van der Waals surface area contributed by atoms with Crippen molar-refractivity contribution in [3.8, 4) is 46.0 Å². The minimum absolute atomic E-state index is 0.0460. The van der Waals surface area contributed by atoms with E-state index in [0.717, 1.165) is 191 Å². The third kappa shape index (κ3) is 36.4. The highest BCUT2D eigenvalue weighted by atomic mass is 32.2. The Balaban J connectivity index is 0.000000218. The summed E-state index contributed by atoms with van der Waals surface area (Å²) in [6, 6.07) is 63.1. The van der Waals surface area contributed by atoms with E-state index in [9.17, 15) is 82.0 Å². The minimum atomic E-state index is -4.54. The molecule has 12 aromatic rings. The molecule has 0 unspecified atom stereocenters. The Labute approximate surface area is 892 Å². The lowest BCUT2D eigenvalue weighted by atomic mass is 10.1. The number of thioether (sulfide) groups is 6. The molecule has 149 heavy (non-hydrogen) atoms. The van der Waals surface area contributed by atoms with Crippen molar-refractivity contribution in [2.75, 3.05) is 81.6 Å². The van der Waals surface area contributed by atoms with Gasteiger partial charge in [-0.2, -0.15) is 43.6 Å². The quantitative estimate of drug-likeness (QED) is 0.0138. The van der Waals surface area contributed by atoms with E-state index in [1.165, 1.54) is 60.2 Å². The lowest BCUT2D eigenvalue weighted by Gasteiger charge is -2.20. The van der Waals surface area contributed by atoms with E-state index in [2.05, 4.69) is 19.1 Å².